The molecule has 0 unspecified atom stereocenters. The first-order valence-electron chi connectivity index (χ1n) is 6.97. The van der Waals surface area contributed by atoms with Crippen LogP contribution >= 0.6 is 0 Å². The minimum Gasteiger partial charge on any atom is -0.497 e. The van der Waals surface area contributed by atoms with E-state index in [1.54, 1.807) is 37.2 Å². The molecule has 22 heavy (non-hydrogen) atoms. The van der Waals surface area contributed by atoms with Gasteiger partial charge in [0.1, 0.15) is 11.5 Å². The zero-order valence-electron chi connectivity index (χ0n) is 13.0. The Kier molecular flexibility index (Phi) is 5.21. The van der Waals surface area contributed by atoms with Crippen molar-refractivity contribution in [3.63, 3.8) is 0 Å². The topological polar surface area (TPSA) is 68.3 Å². The lowest BCUT2D eigenvalue weighted by atomic mass is 10.1. The maximum atomic E-state index is 12.6. The summed E-state index contributed by atoms with van der Waals surface area (Å²) >= 11 is 0. The van der Waals surface area contributed by atoms with E-state index in [1.165, 1.54) is 12.0 Å². The van der Waals surface area contributed by atoms with Gasteiger partial charge in [-0.2, -0.15) is 0 Å². The highest BCUT2D eigenvalue weighted by Gasteiger charge is 2.24. The highest BCUT2D eigenvalue weighted by atomic mass is 16.6. The number of methoxy groups -OCH3 is 1. The summed E-state index contributed by atoms with van der Waals surface area (Å²) in [5, 5.41) is 0. The van der Waals surface area contributed by atoms with E-state index in [0.29, 0.717) is 37.6 Å². The summed E-state index contributed by atoms with van der Waals surface area (Å²) in [6, 6.07) is 4.79. The second-order valence-corrected chi connectivity index (χ2v) is 5.03. The van der Waals surface area contributed by atoms with Gasteiger partial charge in [0.05, 0.1) is 25.9 Å². The third kappa shape index (κ3) is 3.67. The molecule has 0 radical (unpaired) electrons. The van der Waals surface area contributed by atoms with Crippen molar-refractivity contribution in [2.24, 2.45) is 0 Å². The van der Waals surface area contributed by atoms with Crippen LogP contribution in [0.2, 0.25) is 0 Å². The first-order chi connectivity index (χ1) is 10.5. The standard InChI is InChI=1S/C15H20N2O5/c1-16(2)15(19)22-13-5-4-11(20-3)10-12(13)14(18)17-6-8-21-9-7-17/h4-5,10H,6-9H2,1-3H3. The van der Waals surface area contributed by atoms with Crippen molar-refractivity contribution in [3.8, 4) is 11.5 Å². The van der Waals surface area contributed by atoms with Crippen LogP contribution in [-0.4, -0.2) is 69.3 Å². The van der Waals surface area contributed by atoms with Gasteiger partial charge in [-0.3, -0.25) is 4.79 Å². The lowest BCUT2D eigenvalue weighted by Crippen LogP contribution is -2.41. The second kappa shape index (κ2) is 7.13. The molecule has 0 bridgehead atoms. The number of carbonyl (C=O) groups excluding carboxylic acids is 2. The summed E-state index contributed by atoms with van der Waals surface area (Å²) in [7, 11) is 4.68. The average Bonchev–Trinajstić information content (AvgIpc) is 2.55. The quantitative estimate of drug-likeness (QED) is 0.840. The highest BCUT2D eigenvalue weighted by molar-refractivity contribution is 5.98. The van der Waals surface area contributed by atoms with E-state index in [4.69, 9.17) is 14.2 Å². The zero-order chi connectivity index (χ0) is 16.1. The van der Waals surface area contributed by atoms with Crippen LogP contribution in [0.3, 0.4) is 0 Å². The van der Waals surface area contributed by atoms with Gasteiger partial charge in [-0.25, -0.2) is 4.79 Å². The average molecular weight is 308 g/mol. The minimum atomic E-state index is -0.541. The zero-order valence-corrected chi connectivity index (χ0v) is 13.0. The van der Waals surface area contributed by atoms with Gasteiger partial charge in [0.15, 0.2) is 0 Å². The number of nitrogens with zero attached hydrogens (tertiary/aromatic N) is 2. The predicted octanol–water partition coefficient (Wildman–Crippen LogP) is 1.23. The molecule has 1 saturated heterocycles. The molecule has 0 N–H and O–H groups in total. The third-order valence-corrected chi connectivity index (χ3v) is 3.28. The smallest absolute Gasteiger partial charge is 0.414 e. The van der Waals surface area contributed by atoms with E-state index in [0.717, 1.165) is 0 Å². The van der Waals surface area contributed by atoms with Crippen LogP contribution in [0.5, 0.6) is 11.5 Å². The van der Waals surface area contributed by atoms with Crippen molar-refractivity contribution in [1.82, 2.24) is 9.80 Å². The number of carbonyl (C=O) groups is 2. The van der Waals surface area contributed by atoms with Crippen LogP contribution in [0, 0.1) is 0 Å². The largest absolute Gasteiger partial charge is 0.497 e. The first-order valence-corrected chi connectivity index (χ1v) is 6.97. The van der Waals surface area contributed by atoms with Crippen molar-refractivity contribution in [1.29, 1.82) is 0 Å². The molecular formula is C15H20N2O5. The third-order valence-electron chi connectivity index (χ3n) is 3.28. The minimum absolute atomic E-state index is 0.205. The van der Waals surface area contributed by atoms with E-state index in [-0.39, 0.29) is 11.7 Å². The Morgan fingerprint density at radius 1 is 1.23 bits per heavy atom. The van der Waals surface area contributed by atoms with Gasteiger partial charge in [0, 0.05) is 27.2 Å². The lowest BCUT2D eigenvalue weighted by molar-refractivity contribution is 0.0301. The molecular weight excluding hydrogens is 288 g/mol. The normalized spacial score (nSPS) is 14.4. The fourth-order valence-electron chi connectivity index (χ4n) is 2.01. The van der Waals surface area contributed by atoms with Gasteiger partial charge in [-0.15, -0.1) is 0 Å². The molecule has 1 heterocycles. The Morgan fingerprint density at radius 3 is 2.50 bits per heavy atom. The maximum Gasteiger partial charge on any atom is 0.414 e. The molecule has 2 rings (SSSR count). The van der Waals surface area contributed by atoms with E-state index in [1.807, 2.05) is 0 Å². The highest BCUT2D eigenvalue weighted by Crippen LogP contribution is 2.26. The molecule has 0 aliphatic carbocycles. The Labute approximate surface area is 129 Å². The number of hydrogen-bond acceptors (Lipinski definition) is 5. The van der Waals surface area contributed by atoms with E-state index in [9.17, 15) is 9.59 Å². The van der Waals surface area contributed by atoms with Crippen LogP contribution in [-0.2, 0) is 4.74 Å². The summed E-state index contributed by atoms with van der Waals surface area (Å²) in [6.45, 7) is 2.03. The molecule has 0 atom stereocenters. The first kappa shape index (κ1) is 16.1. The van der Waals surface area contributed by atoms with Crippen LogP contribution in [0.25, 0.3) is 0 Å². The molecule has 1 aromatic rings. The Balaban J connectivity index is 2.29. The van der Waals surface area contributed by atoms with Gasteiger partial charge in [-0.1, -0.05) is 0 Å². The van der Waals surface area contributed by atoms with Crippen LogP contribution < -0.4 is 9.47 Å². The van der Waals surface area contributed by atoms with Gasteiger partial charge in [0.2, 0.25) is 0 Å². The molecule has 1 aliphatic rings. The number of ether oxygens (including phenoxy) is 3. The number of hydrogen-bond donors (Lipinski definition) is 0. The monoisotopic (exact) mass is 308 g/mol. The van der Waals surface area contributed by atoms with Gasteiger partial charge >= 0.3 is 6.09 Å². The molecule has 0 saturated carbocycles. The van der Waals surface area contributed by atoms with E-state index < -0.39 is 6.09 Å². The molecule has 1 aromatic carbocycles. The predicted molar refractivity (Wildman–Crippen MR) is 79.4 cm³/mol. The summed E-state index contributed by atoms with van der Waals surface area (Å²) in [5.41, 5.74) is 0.302. The number of benzene rings is 1. The molecule has 1 aliphatic heterocycles. The van der Waals surface area contributed by atoms with Gasteiger partial charge < -0.3 is 24.0 Å². The Hall–Kier alpha value is -2.28. The summed E-state index contributed by atoms with van der Waals surface area (Å²) in [6.07, 6.45) is -0.541. The molecule has 0 aromatic heterocycles. The number of amides is 2. The molecule has 7 nitrogen and oxygen atoms in total. The Morgan fingerprint density at radius 2 is 1.91 bits per heavy atom. The molecule has 2 amide bonds. The van der Waals surface area contributed by atoms with Crippen molar-refractivity contribution in [3.05, 3.63) is 23.8 Å². The lowest BCUT2D eigenvalue weighted by Gasteiger charge is -2.27. The summed E-state index contributed by atoms with van der Waals surface area (Å²) in [5.74, 6) is 0.543. The van der Waals surface area contributed by atoms with Crippen molar-refractivity contribution < 1.29 is 23.8 Å². The molecule has 7 heteroatoms. The maximum absolute atomic E-state index is 12.6. The molecule has 0 spiro atoms. The SMILES string of the molecule is COc1ccc(OC(=O)N(C)C)c(C(=O)N2CCOCC2)c1. The van der Waals surface area contributed by atoms with E-state index in [2.05, 4.69) is 0 Å². The van der Waals surface area contributed by atoms with Crippen LogP contribution in [0.15, 0.2) is 18.2 Å². The fraction of sp³-hybridized carbons (Fsp3) is 0.467. The molecule has 120 valence electrons. The van der Waals surface area contributed by atoms with Crippen LogP contribution in [0.4, 0.5) is 4.79 Å². The fourth-order valence-corrected chi connectivity index (χ4v) is 2.01. The second-order valence-electron chi connectivity index (χ2n) is 5.03. The number of morpholine rings is 1. The van der Waals surface area contributed by atoms with Crippen molar-refractivity contribution in [2.45, 2.75) is 0 Å². The van der Waals surface area contributed by atoms with Gasteiger partial charge in [0.25, 0.3) is 5.91 Å². The Bertz CT molecular complexity index is 553. The van der Waals surface area contributed by atoms with Crippen molar-refractivity contribution >= 4 is 12.0 Å². The molecule has 1 fully saturated rings. The van der Waals surface area contributed by atoms with Crippen LogP contribution in [0.1, 0.15) is 10.4 Å². The summed E-state index contributed by atoms with van der Waals surface area (Å²) in [4.78, 5) is 27.4. The van der Waals surface area contributed by atoms with Crippen molar-refractivity contribution in [2.75, 3.05) is 47.5 Å². The van der Waals surface area contributed by atoms with Gasteiger partial charge in [-0.05, 0) is 18.2 Å². The van der Waals surface area contributed by atoms with E-state index >= 15 is 0 Å². The number of rotatable bonds is 3. The summed E-state index contributed by atoms with van der Waals surface area (Å²) < 4.78 is 15.7.